The molecule has 1 aromatic carbocycles. The molecule has 0 radical (unpaired) electrons. The highest BCUT2D eigenvalue weighted by molar-refractivity contribution is 5.98. The Labute approximate surface area is 297 Å². The molecular formula is C36H49N9O6. The summed E-state index contributed by atoms with van der Waals surface area (Å²) < 4.78 is 5.88. The highest BCUT2D eigenvalue weighted by Gasteiger charge is 2.31. The largest absolute Gasteiger partial charge is 0.494 e. The van der Waals surface area contributed by atoms with Crippen LogP contribution in [0.25, 0.3) is 0 Å². The van der Waals surface area contributed by atoms with Gasteiger partial charge in [0.15, 0.2) is 0 Å². The summed E-state index contributed by atoms with van der Waals surface area (Å²) in [5.41, 5.74) is 1.95. The molecule has 0 aliphatic heterocycles. The highest BCUT2D eigenvalue weighted by atomic mass is 16.5. The minimum absolute atomic E-state index is 0.0147. The van der Waals surface area contributed by atoms with Crippen molar-refractivity contribution in [3.8, 4) is 5.75 Å². The summed E-state index contributed by atoms with van der Waals surface area (Å²) in [6.07, 6.45) is 19.8. The van der Waals surface area contributed by atoms with Gasteiger partial charge in [-0.05, 0) is 30.7 Å². The number of hydrogen-bond donors (Lipinski definition) is 7. The summed E-state index contributed by atoms with van der Waals surface area (Å²) in [7, 11) is 0. The standard InChI is InChI=1S/C36H49N9O6/c1-2-3-4-5-6-7-8-9-10-15-51-29-13-11-25(12-14-29)33(46)43-30(16-26-19-37-22-40-26)34(47)44-31(17-27-20-38-23-41-27)35(48)45-32(36(49)50)18-28-21-39-24-42-28/h11-14,19-24,30-32H,2-10,15-18H2,1H3,(H,37,40)(H,38,41)(H,39,42)(H,43,46)(H,44,47)(H,45,48)(H,49,50)/t30-,31-,32-/m0/s1. The maximum Gasteiger partial charge on any atom is 0.326 e. The van der Waals surface area contributed by atoms with Crippen LogP contribution in [0.4, 0.5) is 0 Å². The van der Waals surface area contributed by atoms with E-state index in [4.69, 9.17) is 4.74 Å². The first-order chi connectivity index (χ1) is 24.8. The zero-order valence-corrected chi connectivity index (χ0v) is 29.0. The number of carboxylic acid groups (broad SMARTS) is 1. The zero-order chi connectivity index (χ0) is 36.3. The van der Waals surface area contributed by atoms with E-state index >= 15 is 0 Å². The number of unbranched alkanes of at least 4 members (excludes halogenated alkanes) is 8. The number of amides is 3. The smallest absolute Gasteiger partial charge is 0.326 e. The first kappa shape index (κ1) is 38.3. The van der Waals surface area contributed by atoms with Crippen molar-refractivity contribution >= 4 is 23.7 Å². The lowest BCUT2D eigenvalue weighted by molar-refractivity contribution is -0.142. The number of carbonyl (C=O) groups is 4. The van der Waals surface area contributed by atoms with Gasteiger partial charge in [-0.25, -0.2) is 19.7 Å². The molecule has 0 spiro atoms. The third-order valence-corrected chi connectivity index (χ3v) is 8.44. The van der Waals surface area contributed by atoms with Gasteiger partial charge in [-0.1, -0.05) is 58.3 Å². The van der Waals surface area contributed by atoms with Crippen LogP contribution >= 0.6 is 0 Å². The summed E-state index contributed by atoms with van der Waals surface area (Å²) in [6.45, 7) is 2.82. The quantitative estimate of drug-likeness (QED) is 0.0529. The molecule has 0 unspecified atom stereocenters. The van der Waals surface area contributed by atoms with Crippen molar-refractivity contribution in [1.29, 1.82) is 0 Å². The van der Waals surface area contributed by atoms with Crippen molar-refractivity contribution in [3.05, 3.63) is 84.5 Å². The summed E-state index contributed by atoms with van der Waals surface area (Å²) in [5.74, 6) is -2.49. The molecule has 0 saturated carbocycles. The lowest BCUT2D eigenvalue weighted by atomic mass is 10.1. The maximum atomic E-state index is 13.8. The highest BCUT2D eigenvalue weighted by Crippen LogP contribution is 2.15. The van der Waals surface area contributed by atoms with Gasteiger partial charge < -0.3 is 40.7 Å². The Morgan fingerprint density at radius 2 is 1.10 bits per heavy atom. The van der Waals surface area contributed by atoms with Crippen LogP contribution in [0.2, 0.25) is 0 Å². The summed E-state index contributed by atoms with van der Waals surface area (Å²) in [6, 6.07) is 3.09. The average molecular weight is 704 g/mol. The van der Waals surface area contributed by atoms with Crippen LogP contribution in [-0.2, 0) is 33.6 Å². The topological polar surface area (TPSA) is 220 Å². The fourth-order valence-electron chi connectivity index (χ4n) is 5.56. The number of imidazole rings is 3. The van der Waals surface area contributed by atoms with Crippen molar-refractivity contribution in [2.24, 2.45) is 0 Å². The van der Waals surface area contributed by atoms with E-state index in [1.165, 1.54) is 82.5 Å². The molecule has 0 bridgehead atoms. The molecular weight excluding hydrogens is 654 g/mol. The van der Waals surface area contributed by atoms with Gasteiger partial charge in [-0.15, -0.1) is 0 Å². The third kappa shape index (κ3) is 13.4. The van der Waals surface area contributed by atoms with E-state index in [0.29, 0.717) is 35.0 Å². The van der Waals surface area contributed by atoms with Gasteiger partial charge in [0.05, 0.1) is 25.6 Å². The predicted molar refractivity (Wildman–Crippen MR) is 189 cm³/mol. The Balaban J connectivity index is 1.35. The number of ether oxygens (including phenoxy) is 1. The molecule has 51 heavy (non-hydrogen) atoms. The summed E-state index contributed by atoms with van der Waals surface area (Å²) in [4.78, 5) is 73.2. The van der Waals surface area contributed by atoms with E-state index in [1.54, 1.807) is 24.3 Å². The summed E-state index contributed by atoms with van der Waals surface area (Å²) in [5, 5.41) is 17.8. The first-order valence-corrected chi connectivity index (χ1v) is 17.6. The molecule has 15 nitrogen and oxygen atoms in total. The lowest BCUT2D eigenvalue weighted by Crippen LogP contribution is -2.57. The zero-order valence-electron chi connectivity index (χ0n) is 29.0. The molecule has 3 aromatic heterocycles. The molecule has 4 rings (SSSR count). The Kier molecular flexibility index (Phi) is 15.7. The number of nitrogens with zero attached hydrogens (tertiary/aromatic N) is 3. The van der Waals surface area contributed by atoms with Gasteiger partial charge in [0.2, 0.25) is 11.8 Å². The molecule has 7 N–H and O–H groups in total. The van der Waals surface area contributed by atoms with Crippen molar-refractivity contribution in [2.45, 2.75) is 102 Å². The molecule has 4 aromatic rings. The van der Waals surface area contributed by atoms with E-state index in [-0.39, 0.29) is 19.3 Å². The van der Waals surface area contributed by atoms with Gasteiger partial charge in [-0.2, -0.15) is 0 Å². The van der Waals surface area contributed by atoms with Crippen LogP contribution in [0.3, 0.4) is 0 Å². The van der Waals surface area contributed by atoms with Crippen LogP contribution in [0.15, 0.2) is 61.8 Å². The average Bonchev–Trinajstić information content (AvgIpc) is 3.94. The van der Waals surface area contributed by atoms with Crippen LogP contribution in [0.5, 0.6) is 5.75 Å². The van der Waals surface area contributed by atoms with Crippen molar-refractivity contribution in [1.82, 2.24) is 45.9 Å². The van der Waals surface area contributed by atoms with E-state index in [9.17, 15) is 24.3 Å². The van der Waals surface area contributed by atoms with E-state index < -0.39 is 41.8 Å². The molecule has 0 fully saturated rings. The fraction of sp³-hybridized carbons (Fsp3) is 0.472. The van der Waals surface area contributed by atoms with Crippen LogP contribution < -0.4 is 20.7 Å². The van der Waals surface area contributed by atoms with Crippen molar-refractivity contribution < 1.29 is 29.0 Å². The second kappa shape index (κ2) is 20.9. The number of nitrogens with one attached hydrogen (secondary N) is 6. The van der Waals surface area contributed by atoms with Gasteiger partial charge in [0.1, 0.15) is 23.9 Å². The second-order valence-corrected chi connectivity index (χ2v) is 12.5. The normalized spacial score (nSPS) is 12.8. The number of aromatic amines is 3. The molecule has 3 amide bonds. The van der Waals surface area contributed by atoms with E-state index in [1.807, 2.05) is 0 Å². The Morgan fingerprint density at radius 3 is 1.57 bits per heavy atom. The number of aromatic nitrogens is 6. The van der Waals surface area contributed by atoms with Gasteiger partial charge in [0.25, 0.3) is 5.91 Å². The SMILES string of the molecule is CCCCCCCCCCCOc1ccc(C(=O)N[C@@H](Cc2cnc[nH]2)C(=O)N[C@@H](Cc2cnc[nH]2)C(=O)N[C@@H](Cc2cnc[nH]2)C(=O)O)cc1. The number of H-pyrrole nitrogens is 3. The van der Waals surface area contributed by atoms with Crippen molar-refractivity contribution in [2.75, 3.05) is 6.61 Å². The van der Waals surface area contributed by atoms with Crippen LogP contribution in [-0.4, -0.2) is 83.4 Å². The maximum absolute atomic E-state index is 13.8. The van der Waals surface area contributed by atoms with Crippen LogP contribution in [0.1, 0.15) is 92.2 Å². The third-order valence-electron chi connectivity index (χ3n) is 8.44. The molecule has 3 heterocycles. The molecule has 0 aliphatic rings. The van der Waals surface area contributed by atoms with Crippen LogP contribution in [0, 0.1) is 0 Å². The van der Waals surface area contributed by atoms with Gasteiger partial charge in [0, 0.05) is 60.5 Å². The summed E-state index contributed by atoms with van der Waals surface area (Å²) >= 11 is 0. The lowest BCUT2D eigenvalue weighted by Gasteiger charge is -2.24. The Bertz CT molecular complexity index is 1590. The van der Waals surface area contributed by atoms with E-state index in [0.717, 1.165) is 12.8 Å². The molecule has 15 heteroatoms. The number of rotatable bonds is 24. The number of aliphatic carboxylic acids is 1. The van der Waals surface area contributed by atoms with Gasteiger partial charge >= 0.3 is 5.97 Å². The monoisotopic (exact) mass is 703 g/mol. The second-order valence-electron chi connectivity index (χ2n) is 12.5. The Morgan fingerprint density at radius 1 is 0.647 bits per heavy atom. The number of benzene rings is 1. The fourth-order valence-corrected chi connectivity index (χ4v) is 5.56. The predicted octanol–water partition coefficient (Wildman–Crippen LogP) is 3.65. The number of carbonyl (C=O) groups excluding carboxylic acids is 3. The molecule has 3 atom stereocenters. The first-order valence-electron chi connectivity index (χ1n) is 17.6. The van der Waals surface area contributed by atoms with E-state index in [2.05, 4.69) is 52.8 Å². The minimum Gasteiger partial charge on any atom is -0.494 e. The molecule has 0 saturated heterocycles. The molecule has 274 valence electrons. The molecule has 0 aliphatic carbocycles. The number of hydrogen-bond acceptors (Lipinski definition) is 8. The minimum atomic E-state index is -1.29. The Hall–Kier alpha value is -5.47. The number of carboxylic acids is 1. The van der Waals surface area contributed by atoms with Gasteiger partial charge in [-0.3, -0.25) is 14.4 Å². The van der Waals surface area contributed by atoms with Crippen molar-refractivity contribution in [3.63, 3.8) is 0 Å².